The van der Waals surface area contributed by atoms with Crippen LogP contribution in [0.5, 0.6) is 0 Å². The molecular formula is C12H15NO2. The summed E-state index contributed by atoms with van der Waals surface area (Å²) in [6, 6.07) is 4.00. The molecule has 0 atom stereocenters. The van der Waals surface area contributed by atoms with Crippen LogP contribution in [0.3, 0.4) is 0 Å². The van der Waals surface area contributed by atoms with Crippen LogP contribution >= 0.6 is 0 Å². The highest BCUT2D eigenvalue weighted by atomic mass is 16.5. The van der Waals surface area contributed by atoms with E-state index in [9.17, 15) is 4.79 Å². The van der Waals surface area contributed by atoms with Gasteiger partial charge in [0.15, 0.2) is 0 Å². The first-order valence-electron chi connectivity index (χ1n) is 5.21. The van der Waals surface area contributed by atoms with Crippen molar-refractivity contribution in [1.82, 2.24) is 4.98 Å². The summed E-state index contributed by atoms with van der Waals surface area (Å²) >= 11 is 0. The number of carbonyl (C=O) groups is 1. The third-order valence-corrected chi connectivity index (χ3v) is 2.99. The molecule has 1 aromatic rings. The van der Waals surface area contributed by atoms with E-state index in [2.05, 4.69) is 11.1 Å². The van der Waals surface area contributed by atoms with Crippen LogP contribution in [-0.4, -0.2) is 24.0 Å². The zero-order valence-electron chi connectivity index (χ0n) is 8.90. The topological polar surface area (TPSA) is 39.2 Å². The molecule has 0 N–H and O–H groups in total. The second-order valence-electron chi connectivity index (χ2n) is 4.22. The molecule has 2 rings (SSSR count). The zero-order valence-corrected chi connectivity index (χ0v) is 8.90. The predicted molar refractivity (Wildman–Crippen MR) is 56.6 cm³/mol. The zero-order chi connectivity index (χ0) is 10.7. The van der Waals surface area contributed by atoms with E-state index >= 15 is 0 Å². The molecule has 0 aromatic carbocycles. The molecule has 3 heteroatoms. The average Bonchev–Trinajstić information content (AvgIpc) is 2.17. The van der Waals surface area contributed by atoms with E-state index in [0.29, 0.717) is 19.6 Å². The minimum atomic E-state index is 0.0416. The third kappa shape index (κ3) is 2.07. The van der Waals surface area contributed by atoms with E-state index in [1.165, 1.54) is 5.56 Å². The summed E-state index contributed by atoms with van der Waals surface area (Å²) in [4.78, 5) is 15.1. The van der Waals surface area contributed by atoms with Crippen LogP contribution in [0.4, 0.5) is 0 Å². The first-order chi connectivity index (χ1) is 7.23. The molecule has 1 aliphatic heterocycles. The smallest absolute Gasteiger partial charge is 0.129 e. The normalized spacial score (nSPS) is 18.2. The highest BCUT2D eigenvalue weighted by molar-refractivity contribution is 5.75. The van der Waals surface area contributed by atoms with Crippen LogP contribution in [0.1, 0.15) is 25.3 Å². The molecule has 80 valence electrons. The van der Waals surface area contributed by atoms with E-state index in [1.807, 2.05) is 12.3 Å². The van der Waals surface area contributed by atoms with Crippen molar-refractivity contribution in [3.63, 3.8) is 0 Å². The highest BCUT2D eigenvalue weighted by Gasteiger charge is 2.40. The first-order valence-corrected chi connectivity index (χ1v) is 5.21. The lowest BCUT2D eigenvalue weighted by Gasteiger charge is -2.41. The fourth-order valence-corrected chi connectivity index (χ4v) is 1.90. The molecule has 0 unspecified atom stereocenters. The number of carbonyl (C=O) groups excluding carboxylic acids is 1. The standard InChI is InChI=1S/C12H15NO2/c1-10(14)4-5-12(8-15-9-12)11-3-2-6-13-7-11/h2-3,6-7H,4-5,8-9H2,1H3. The molecule has 0 spiro atoms. The number of pyridine rings is 1. The second-order valence-corrected chi connectivity index (χ2v) is 4.22. The van der Waals surface area contributed by atoms with Gasteiger partial charge in [0.1, 0.15) is 5.78 Å². The first kappa shape index (κ1) is 10.3. The molecule has 3 nitrogen and oxygen atoms in total. The van der Waals surface area contributed by atoms with E-state index in [-0.39, 0.29) is 11.2 Å². The van der Waals surface area contributed by atoms with E-state index in [0.717, 1.165) is 6.42 Å². The van der Waals surface area contributed by atoms with Gasteiger partial charge in [0.05, 0.1) is 13.2 Å². The summed E-state index contributed by atoms with van der Waals surface area (Å²) in [5.41, 5.74) is 1.23. The van der Waals surface area contributed by atoms with Gasteiger partial charge in [-0.05, 0) is 25.0 Å². The van der Waals surface area contributed by atoms with Gasteiger partial charge in [-0.2, -0.15) is 0 Å². The van der Waals surface area contributed by atoms with E-state index in [1.54, 1.807) is 13.1 Å². The van der Waals surface area contributed by atoms with Crippen LogP contribution in [0.15, 0.2) is 24.5 Å². The van der Waals surface area contributed by atoms with Crippen LogP contribution in [0.2, 0.25) is 0 Å². The summed E-state index contributed by atoms with van der Waals surface area (Å²) < 4.78 is 5.29. The van der Waals surface area contributed by atoms with Crippen molar-refractivity contribution in [2.75, 3.05) is 13.2 Å². The maximum Gasteiger partial charge on any atom is 0.129 e. The number of rotatable bonds is 4. The fourth-order valence-electron chi connectivity index (χ4n) is 1.90. The molecule has 0 radical (unpaired) electrons. The van der Waals surface area contributed by atoms with Gasteiger partial charge in [-0.15, -0.1) is 0 Å². The molecule has 2 heterocycles. The summed E-state index contributed by atoms with van der Waals surface area (Å²) in [7, 11) is 0. The van der Waals surface area contributed by atoms with Gasteiger partial charge in [-0.3, -0.25) is 4.98 Å². The van der Waals surface area contributed by atoms with Crippen LogP contribution < -0.4 is 0 Å². The van der Waals surface area contributed by atoms with Crippen molar-refractivity contribution in [3.05, 3.63) is 30.1 Å². The van der Waals surface area contributed by atoms with Gasteiger partial charge >= 0.3 is 0 Å². The van der Waals surface area contributed by atoms with Gasteiger partial charge in [0.25, 0.3) is 0 Å². The Bertz CT molecular complexity index is 344. The number of aromatic nitrogens is 1. The van der Waals surface area contributed by atoms with Crippen LogP contribution in [-0.2, 0) is 14.9 Å². The Morgan fingerprint density at radius 1 is 1.60 bits per heavy atom. The molecule has 0 saturated carbocycles. The Hall–Kier alpha value is -1.22. The Balaban J connectivity index is 2.12. The minimum Gasteiger partial charge on any atom is -0.379 e. The molecule has 1 fully saturated rings. The lowest BCUT2D eigenvalue weighted by atomic mass is 9.75. The maximum absolute atomic E-state index is 11.0. The van der Waals surface area contributed by atoms with E-state index in [4.69, 9.17) is 4.74 Å². The van der Waals surface area contributed by atoms with Crippen molar-refractivity contribution >= 4 is 5.78 Å². The van der Waals surface area contributed by atoms with Gasteiger partial charge in [-0.1, -0.05) is 6.07 Å². The second kappa shape index (κ2) is 4.11. The molecule has 1 aromatic heterocycles. The SMILES string of the molecule is CC(=O)CCC1(c2cccnc2)COC1. The number of nitrogens with zero attached hydrogens (tertiary/aromatic N) is 1. The Labute approximate surface area is 89.5 Å². The number of hydrogen-bond donors (Lipinski definition) is 0. The van der Waals surface area contributed by atoms with Crippen molar-refractivity contribution in [2.24, 2.45) is 0 Å². The molecule has 0 aliphatic carbocycles. The largest absolute Gasteiger partial charge is 0.379 e. The molecule has 0 amide bonds. The number of ketones is 1. The Morgan fingerprint density at radius 2 is 2.40 bits per heavy atom. The number of ether oxygens (including phenoxy) is 1. The Kier molecular flexibility index (Phi) is 2.82. The van der Waals surface area contributed by atoms with Crippen molar-refractivity contribution in [3.8, 4) is 0 Å². The molecule has 15 heavy (non-hydrogen) atoms. The minimum absolute atomic E-state index is 0.0416. The fraction of sp³-hybridized carbons (Fsp3) is 0.500. The lowest BCUT2D eigenvalue weighted by molar-refractivity contribution is -0.119. The highest BCUT2D eigenvalue weighted by Crippen LogP contribution is 2.36. The molecular weight excluding hydrogens is 190 g/mol. The summed E-state index contributed by atoms with van der Waals surface area (Å²) in [6.45, 7) is 3.06. The third-order valence-electron chi connectivity index (χ3n) is 2.99. The van der Waals surface area contributed by atoms with Crippen molar-refractivity contribution in [2.45, 2.75) is 25.2 Å². The molecule has 0 bridgehead atoms. The predicted octanol–water partition coefficient (Wildman–Crippen LogP) is 1.72. The number of hydrogen-bond acceptors (Lipinski definition) is 3. The summed E-state index contributed by atoms with van der Waals surface area (Å²) in [6.07, 6.45) is 5.14. The average molecular weight is 205 g/mol. The maximum atomic E-state index is 11.0. The Morgan fingerprint density at radius 3 is 2.87 bits per heavy atom. The monoisotopic (exact) mass is 205 g/mol. The van der Waals surface area contributed by atoms with Crippen LogP contribution in [0.25, 0.3) is 0 Å². The van der Waals surface area contributed by atoms with Crippen LogP contribution in [0, 0.1) is 0 Å². The summed E-state index contributed by atoms with van der Waals surface area (Å²) in [5.74, 6) is 0.241. The van der Waals surface area contributed by atoms with Gasteiger partial charge in [0.2, 0.25) is 0 Å². The number of Topliss-reactive ketones (excluding diaryl/α,β-unsaturated/α-hetero) is 1. The molecule has 1 saturated heterocycles. The lowest BCUT2D eigenvalue weighted by Crippen LogP contribution is -2.47. The van der Waals surface area contributed by atoms with E-state index < -0.39 is 0 Å². The van der Waals surface area contributed by atoms with Gasteiger partial charge in [-0.25, -0.2) is 0 Å². The summed E-state index contributed by atoms with van der Waals surface area (Å²) in [5, 5.41) is 0. The van der Waals surface area contributed by atoms with Gasteiger partial charge < -0.3 is 9.53 Å². The molecule has 1 aliphatic rings. The van der Waals surface area contributed by atoms with Crippen molar-refractivity contribution < 1.29 is 9.53 Å². The quantitative estimate of drug-likeness (QED) is 0.751. The van der Waals surface area contributed by atoms with Crippen molar-refractivity contribution in [1.29, 1.82) is 0 Å². The van der Waals surface area contributed by atoms with Gasteiger partial charge in [0, 0.05) is 24.2 Å².